The van der Waals surface area contributed by atoms with Gasteiger partial charge in [-0.05, 0) is 37.5 Å². The predicted octanol–water partition coefficient (Wildman–Crippen LogP) is 5.39. The fourth-order valence-electron chi connectivity index (χ4n) is 3.13. The van der Waals surface area contributed by atoms with Crippen molar-refractivity contribution in [1.82, 2.24) is 15.3 Å². The Bertz CT molecular complexity index is 968. The van der Waals surface area contributed by atoms with Crippen LogP contribution >= 0.6 is 11.3 Å². The van der Waals surface area contributed by atoms with Crippen LogP contribution in [0, 0.1) is 0 Å². The molecule has 0 aliphatic heterocycles. The minimum absolute atomic E-state index is 0.00549. The van der Waals surface area contributed by atoms with Crippen LogP contribution in [0.25, 0.3) is 11.3 Å². The minimum atomic E-state index is -0.203. The summed E-state index contributed by atoms with van der Waals surface area (Å²) in [7, 11) is 0. The Balaban J connectivity index is 1.48. The molecule has 0 bridgehead atoms. The number of rotatable bonds is 10. The quantitative estimate of drug-likeness (QED) is 0.446. The van der Waals surface area contributed by atoms with Crippen molar-refractivity contribution in [3.8, 4) is 11.3 Å². The molecule has 0 radical (unpaired) electrons. The zero-order valence-electron chi connectivity index (χ0n) is 17.4. The molecule has 0 spiro atoms. The summed E-state index contributed by atoms with van der Waals surface area (Å²) >= 11 is 1.51. The highest BCUT2D eigenvalue weighted by Crippen LogP contribution is 2.25. The highest BCUT2D eigenvalue weighted by molar-refractivity contribution is 7.10. The van der Waals surface area contributed by atoms with Gasteiger partial charge in [-0.25, -0.2) is 4.98 Å². The number of nitrogens with zero attached hydrogens (tertiary/aromatic N) is 2. The van der Waals surface area contributed by atoms with E-state index in [1.165, 1.54) is 16.9 Å². The first-order valence-corrected chi connectivity index (χ1v) is 11.2. The van der Waals surface area contributed by atoms with Crippen LogP contribution in [0.3, 0.4) is 0 Å². The second-order valence-corrected chi connectivity index (χ2v) is 8.21. The van der Waals surface area contributed by atoms with Crippen molar-refractivity contribution in [2.45, 2.75) is 52.0 Å². The number of amides is 1. The third kappa shape index (κ3) is 6.07. The molecule has 1 amide bonds. The summed E-state index contributed by atoms with van der Waals surface area (Å²) < 4.78 is 0. The van der Waals surface area contributed by atoms with Gasteiger partial charge < -0.3 is 5.32 Å². The molecule has 30 heavy (non-hydrogen) atoms. The molecule has 1 unspecified atom stereocenters. The van der Waals surface area contributed by atoms with E-state index in [9.17, 15) is 9.59 Å². The molecule has 0 aliphatic rings. The molecular weight excluding hydrogens is 394 g/mol. The minimum Gasteiger partial charge on any atom is -0.347 e. The highest BCUT2D eigenvalue weighted by Gasteiger charge is 2.15. The Kier molecular flexibility index (Phi) is 7.85. The number of benzene rings is 1. The van der Waals surface area contributed by atoms with Crippen molar-refractivity contribution in [2.75, 3.05) is 0 Å². The SMILES string of the molecule is CCCCc1ccc(C(=O)CCC(=O)NC(C)c2nc(-c3ccncc3)cs2)cc1. The average molecular weight is 422 g/mol. The first-order valence-electron chi connectivity index (χ1n) is 10.3. The van der Waals surface area contributed by atoms with Gasteiger partial charge in [-0.1, -0.05) is 37.6 Å². The first-order chi connectivity index (χ1) is 14.6. The number of hydrogen-bond acceptors (Lipinski definition) is 5. The van der Waals surface area contributed by atoms with E-state index in [1.807, 2.05) is 48.7 Å². The monoisotopic (exact) mass is 421 g/mol. The van der Waals surface area contributed by atoms with Gasteiger partial charge in [0.1, 0.15) is 5.01 Å². The Morgan fingerprint density at radius 3 is 2.50 bits per heavy atom. The van der Waals surface area contributed by atoms with Crippen LogP contribution in [0.5, 0.6) is 0 Å². The number of nitrogens with one attached hydrogen (secondary N) is 1. The van der Waals surface area contributed by atoms with Gasteiger partial charge >= 0.3 is 0 Å². The van der Waals surface area contributed by atoms with E-state index in [0.717, 1.165) is 35.5 Å². The van der Waals surface area contributed by atoms with Gasteiger partial charge in [-0.2, -0.15) is 0 Å². The maximum atomic E-state index is 12.4. The van der Waals surface area contributed by atoms with Crippen molar-refractivity contribution in [3.05, 3.63) is 70.3 Å². The van der Waals surface area contributed by atoms with Crippen molar-refractivity contribution in [1.29, 1.82) is 0 Å². The van der Waals surface area contributed by atoms with Gasteiger partial charge in [0.25, 0.3) is 0 Å². The Hall–Kier alpha value is -2.86. The lowest BCUT2D eigenvalue weighted by Gasteiger charge is -2.11. The lowest BCUT2D eigenvalue weighted by Crippen LogP contribution is -2.26. The second kappa shape index (κ2) is 10.8. The van der Waals surface area contributed by atoms with Crippen LogP contribution in [0.4, 0.5) is 0 Å². The number of hydrogen-bond donors (Lipinski definition) is 1. The first kappa shape index (κ1) is 21.8. The number of unbranched alkanes of at least 4 members (excludes halogenated alkanes) is 1. The van der Waals surface area contributed by atoms with Gasteiger partial charge in [0.2, 0.25) is 5.91 Å². The third-order valence-corrected chi connectivity index (χ3v) is 5.95. The molecular formula is C24H27N3O2S. The fourth-order valence-corrected chi connectivity index (χ4v) is 3.96. The van der Waals surface area contributed by atoms with Crippen molar-refractivity contribution >= 4 is 23.0 Å². The smallest absolute Gasteiger partial charge is 0.221 e. The molecule has 0 fully saturated rings. The summed E-state index contributed by atoms with van der Waals surface area (Å²) in [5.41, 5.74) is 3.78. The van der Waals surface area contributed by atoms with Gasteiger partial charge in [0.05, 0.1) is 11.7 Å². The molecule has 0 saturated carbocycles. The van der Waals surface area contributed by atoms with Gasteiger partial charge in [0, 0.05) is 41.7 Å². The molecule has 6 heteroatoms. The van der Waals surface area contributed by atoms with E-state index in [0.29, 0.717) is 5.56 Å². The van der Waals surface area contributed by atoms with Crippen LogP contribution < -0.4 is 5.32 Å². The van der Waals surface area contributed by atoms with Crippen LogP contribution in [0.1, 0.15) is 66.5 Å². The van der Waals surface area contributed by atoms with Crippen LogP contribution in [0.15, 0.2) is 54.2 Å². The molecule has 2 aromatic heterocycles. The Morgan fingerprint density at radius 1 is 1.07 bits per heavy atom. The van der Waals surface area contributed by atoms with E-state index in [1.54, 1.807) is 12.4 Å². The van der Waals surface area contributed by atoms with Gasteiger partial charge in [-0.3, -0.25) is 14.6 Å². The molecule has 0 aliphatic carbocycles. The molecule has 156 valence electrons. The number of ketones is 1. The second-order valence-electron chi connectivity index (χ2n) is 7.32. The maximum absolute atomic E-state index is 12.4. The average Bonchev–Trinajstić information content (AvgIpc) is 3.27. The summed E-state index contributed by atoms with van der Waals surface area (Å²) in [6.45, 7) is 4.07. The number of Topliss-reactive ketones (excluding diaryl/α,β-unsaturated/α-hetero) is 1. The number of aromatic nitrogens is 2. The summed E-state index contributed by atoms with van der Waals surface area (Å²) in [5, 5.41) is 5.75. The lowest BCUT2D eigenvalue weighted by atomic mass is 10.0. The van der Waals surface area contributed by atoms with E-state index in [-0.39, 0.29) is 30.6 Å². The predicted molar refractivity (Wildman–Crippen MR) is 121 cm³/mol. The largest absolute Gasteiger partial charge is 0.347 e. The number of carbonyl (C=O) groups excluding carboxylic acids is 2. The number of aryl methyl sites for hydroxylation is 1. The molecule has 1 N–H and O–H groups in total. The third-order valence-electron chi connectivity index (χ3n) is 4.92. The van der Waals surface area contributed by atoms with Gasteiger partial charge in [-0.15, -0.1) is 11.3 Å². The Morgan fingerprint density at radius 2 is 1.80 bits per heavy atom. The van der Waals surface area contributed by atoms with E-state index in [4.69, 9.17) is 0 Å². The fraction of sp³-hybridized carbons (Fsp3) is 0.333. The zero-order chi connectivity index (χ0) is 21.3. The summed E-state index contributed by atoms with van der Waals surface area (Å²) in [5.74, 6) is -0.148. The number of carbonyl (C=O) groups is 2. The standard InChI is InChI=1S/C24H27N3O2S/c1-3-4-5-18-6-8-20(9-7-18)22(28)10-11-23(29)26-17(2)24-27-21(16-30-24)19-12-14-25-15-13-19/h6-9,12-17H,3-5,10-11H2,1-2H3,(H,26,29). The molecule has 3 aromatic rings. The lowest BCUT2D eigenvalue weighted by molar-refractivity contribution is -0.121. The summed E-state index contributed by atoms with van der Waals surface area (Å²) in [4.78, 5) is 33.3. The molecule has 1 aromatic carbocycles. The van der Waals surface area contributed by atoms with Crippen molar-refractivity contribution in [2.24, 2.45) is 0 Å². The van der Waals surface area contributed by atoms with Crippen molar-refractivity contribution in [3.63, 3.8) is 0 Å². The van der Waals surface area contributed by atoms with Crippen LogP contribution in [-0.2, 0) is 11.2 Å². The van der Waals surface area contributed by atoms with Gasteiger partial charge in [0.15, 0.2) is 5.78 Å². The number of thiazole rings is 1. The molecule has 1 atom stereocenters. The molecule has 2 heterocycles. The van der Waals surface area contributed by atoms with Crippen LogP contribution in [-0.4, -0.2) is 21.7 Å². The topological polar surface area (TPSA) is 72.0 Å². The van der Waals surface area contributed by atoms with E-state index < -0.39 is 0 Å². The molecule has 0 saturated heterocycles. The van der Waals surface area contributed by atoms with Crippen molar-refractivity contribution < 1.29 is 9.59 Å². The normalized spacial score (nSPS) is 11.8. The van der Waals surface area contributed by atoms with Crippen LogP contribution in [0.2, 0.25) is 0 Å². The summed E-state index contributed by atoms with van der Waals surface area (Å²) in [6.07, 6.45) is 7.17. The molecule has 5 nitrogen and oxygen atoms in total. The highest BCUT2D eigenvalue weighted by atomic mass is 32.1. The Labute approximate surface area is 181 Å². The van der Waals surface area contributed by atoms with E-state index >= 15 is 0 Å². The molecule has 3 rings (SSSR count). The zero-order valence-corrected chi connectivity index (χ0v) is 18.2. The number of pyridine rings is 1. The summed E-state index contributed by atoms with van der Waals surface area (Å²) in [6, 6.07) is 11.4. The van der Waals surface area contributed by atoms with E-state index in [2.05, 4.69) is 22.2 Å². The maximum Gasteiger partial charge on any atom is 0.221 e.